The summed E-state index contributed by atoms with van der Waals surface area (Å²) in [5.41, 5.74) is 2.72. The van der Waals surface area contributed by atoms with Crippen molar-refractivity contribution in [2.75, 3.05) is 26.4 Å². The average Bonchev–Trinajstić information content (AvgIpc) is 3.06. The van der Waals surface area contributed by atoms with Gasteiger partial charge >= 0.3 is 5.97 Å². The van der Waals surface area contributed by atoms with Crippen molar-refractivity contribution in [2.24, 2.45) is 0 Å². The number of carbonyl (C=O) groups is 3. The lowest BCUT2D eigenvalue weighted by Crippen LogP contribution is -2.32. The summed E-state index contributed by atoms with van der Waals surface area (Å²) >= 11 is 4.27. The molecule has 0 N–H and O–H groups in total. The molecular formula is C26H28BrNO6S. The third kappa shape index (κ3) is 7.11. The molecule has 1 heterocycles. The van der Waals surface area contributed by atoms with Crippen LogP contribution in [-0.2, 0) is 14.3 Å². The van der Waals surface area contributed by atoms with E-state index in [0.29, 0.717) is 11.3 Å². The van der Waals surface area contributed by atoms with Crippen molar-refractivity contribution in [3.63, 3.8) is 0 Å². The molecule has 0 saturated carbocycles. The lowest BCUT2D eigenvalue weighted by molar-refractivity contribution is -0.145. The van der Waals surface area contributed by atoms with Gasteiger partial charge in [-0.15, -0.1) is 0 Å². The molecule has 2 aromatic carbocycles. The zero-order chi connectivity index (χ0) is 25.5. The van der Waals surface area contributed by atoms with Crippen LogP contribution in [-0.4, -0.2) is 48.4 Å². The molecule has 0 aromatic heterocycles. The van der Waals surface area contributed by atoms with Crippen molar-refractivity contribution in [1.29, 1.82) is 0 Å². The van der Waals surface area contributed by atoms with E-state index in [1.165, 1.54) is 4.90 Å². The van der Waals surface area contributed by atoms with Gasteiger partial charge in [-0.05, 0) is 73.0 Å². The fourth-order valence-electron chi connectivity index (χ4n) is 3.43. The number of carbonyl (C=O) groups excluding carboxylic acids is 3. The van der Waals surface area contributed by atoms with Gasteiger partial charge in [0.05, 0.1) is 18.1 Å². The Hall–Kier alpha value is -2.78. The van der Waals surface area contributed by atoms with Crippen molar-refractivity contribution in [2.45, 2.75) is 33.6 Å². The molecule has 0 unspecified atom stereocenters. The molecule has 7 nitrogen and oxygen atoms in total. The number of imide groups is 1. The highest BCUT2D eigenvalue weighted by Gasteiger charge is 2.35. The van der Waals surface area contributed by atoms with Crippen LogP contribution < -0.4 is 9.47 Å². The maximum Gasteiger partial charge on any atom is 0.344 e. The standard InChI is InChI=1S/C26H28BrNO6S/c1-5-32-24(29)15-34-21-9-7-19(27)13-18(21)14-23-25(30)28(26(31)35-23)10-11-33-22-12-17(4)6-8-20(22)16(2)3/h6-9,12-14,16H,5,10-11,15H2,1-4H3/b23-14-. The molecule has 0 bridgehead atoms. The average molecular weight is 562 g/mol. The lowest BCUT2D eigenvalue weighted by Gasteiger charge is -2.17. The molecule has 1 fully saturated rings. The molecule has 0 aliphatic carbocycles. The first kappa shape index (κ1) is 26.8. The maximum atomic E-state index is 13.0. The van der Waals surface area contributed by atoms with Crippen molar-refractivity contribution < 1.29 is 28.6 Å². The van der Waals surface area contributed by atoms with Gasteiger partial charge in [0.15, 0.2) is 6.61 Å². The first-order valence-electron chi connectivity index (χ1n) is 11.3. The van der Waals surface area contributed by atoms with Gasteiger partial charge in [0.25, 0.3) is 11.1 Å². The number of hydrogen-bond acceptors (Lipinski definition) is 7. The molecule has 0 atom stereocenters. The van der Waals surface area contributed by atoms with Crippen molar-refractivity contribution in [1.82, 2.24) is 4.90 Å². The number of esters is 1. The van der Waals surface area contributed by atoms with Gasteiger partial charge in [0.1, 0.15) is 18.1 Å². The molecule has 1 saturated heterocycles. The highest BCUT2D eigenvalue weighted by atomic mass is 79.9. The van der Waals surface area contributed by atoms with E-state index in [-0.39, 0.29) is 42.4 Å². The minimum Gasteiger partial charge on any atom is -0.491 e. The molecule has 2 aromatic rings. The Morgan fingerprint density at radius 3 is 2.60 bits per heavy atom. The Kier molecular flexibility index (Phi) is 9.40. The Morgan fingerprint density at radius 1 is 1.11 bits per heavy atom. The first-order chi connectivity index (χ1) is 16.7. The molecule has 0 spiro atoms. The summed E-state index contributed by atoms with van der Waals surface area (Å²) in [7, 11) is 0. The summed E-state index contributed by atoms with van der Waals surface area (Å²) in [6, 6.07) is 11.2. The predicted octanol–water partition coefficient (Wildman–Crippen LogP) is 5.94. The van der Waals surface area contributed by atoms with Crippen LogP contribution in [0.3, 0.4) is 0 Å². The fraction of sp³-hybridized carbons (Fsp3) is 0.346. The van der Waals surface area contributed by atoms with E-state index in [9.17, 15) is 14.4 Å². The number of hydrogen-bond donors (Lipinski definition) is 0. The number of nitrogens with zero attached hydrogens (tertiary/aromatic N) is 1. The van der Waals surface area contributed by atoms with Crippen molar-refractivity contribution in [3.8, 4) is 11.5 Å². The second-order valence-electron chi connectivity index (χ2n) is 8.15. The van der Waals surface area contributed by atoms with Crippen LogP contribution in [0.4, 0.5) is 4.79 Å². The van der Waals surface area contributed by atoms with Crippen LogP contribution >= 0.6 is 27.7 Å². The molecule has 186 valence electrons. The van der Waals surface area contributed by atoms with E-state index in [1.54, 1.807) is 31.2 Å². The van der Waals surface area contributed by atoms with Gasteiger partial charge in [0.2, 0.25) is 0 Å². The first-order valence-corrected chi connectivity index (χ1v) is 12.9. The zero-order valence-corrected chi connectivity index (χ0v) is 22.5. The van der Waals surface area contributed by atoms with E-state index in [2.05, 4.69) is 29.8 Å². The Bertz CT molecular complexity index is 1150. The summed E-state index contributed by atoms with van der Waals surface area (Å²) in [5.74, 6) is 0.567. The maximum absolute atomic E-state index is 13.0. The number of benzene rings is 2. The highest BCUT2D eigenvalue weighted by molar-refractivity contribution is 9.10. The third-order valence-corrected chi connectivity index (χ3v) is 6.55. The van der Waals surface area contributed by atoms with Gasteiger partial charge in [-0.3, -0.25) is 14.5 Å². The summed E-state index contributed by atoms with van der Waals surface area (Å²) in [6.07, 6.45) is 1.59. The number of rotatable bonds is 10. The van der Waals surface area contributed by atoms with Crippen molar-refractivity contribution >= 4 is 50.9 Å². The van der Waals surface area contributed by atoms with Gasteiger partial charge < -0.3 is 14.2 Å². The topological polar surface area (TPSA) is 82.1 Å². The van der Waals surface area contributed by atoms with Crippen LogP contribution in [0.1, 0.15) is 43.4 Å². The number of halogens is 1. The molecule has 3 rings (SSSR count). The molecule has 2 amide bonds. The van der Waals surface area contributed by atoms with E-state index in [4.69, 9.17) is 14.2 Å². The van der Waals surface area contributed by atoms with Crippen LogP contribution in [0.2, 0.25) is 0 Å². The molecular weight excluding hydrogens is 534 g/mol. The summed E-state index contributed by atoms with van der Waals surface area (Å²) in [6.45, 7) is 8.22. The number of amides is 2. The zero-order valence-electron chi connectivity index (χ0n) is 20.1. The van der Waals surface area contributed by atoms with Gasteiger partial charge in [0, 0.05) is 10.0 Å². The second kappa shape index (κ2) is 12.3. The van der Waals surface area contributed by atoms with Crippen molar-refractivity contribution in [3.05, 3.63) is 62.5 Å². The SMILES string of the molecule is CCOC(=O)COc1ccc(Br)cc1/C=C1\SC(=O)N(CCOc2cc(C)ccc2C(C)C)C1=O. The van der Waals surface area contributed by atoms with Gasteiger partial charge in [-0.2, -0.15) is 0 Å². The van der Waals surface area contributed by atoms with Crippen LogP contribution in [0.5, 0.6) is 11.5 Å². The van der Waals surface area contributed by atoms with Crippen LogP contribution in [0.15, 0.2) is 45.8 Å². The highest BCUT2D eigenvalue weighted by Crippen LogP contribution is 2.35. The van der Waals surface area contributed by atoms with E-state index in [0.717, 1.165) is 33.1 Å². The molecule has 35 heavy (non-hydrogen) atoms. The summed E-state index contributed by atoms with van der Waals surface area (Å²) < 4.78 is 17.2. The molecule has 9 heteroatoms. The Labute approximate surface area is 217 Å². The third-order valence-electron chi connectivity index (χ3n) is 5.15. The number of aryl methyl sites for hydroxylation is 1. The van der Waals surface area contributed by atoms with Crippen LogP contribution in [0.25, 0.3) is 6.08 Å². The largest absolute Gasteiger partial charge is 0.491 e. The normalized spacial score (nSPS) is 14.7. The van der Waals surface area contributed by atoms with E-state index >= 15 is 0 Å². The molecule has 0 radical (unpaired) electrons. The quantitative estimate of drug-likeness (QED) is 0.262. The molecule has 1 aliphatic rings. The Balaban J connectivity index is 1.70. The minimum absolute atomic E-state index is 0.137. The van der Waals surface area contributed by atoms with Gasteiger partial charge in [-0.1, -0.05) is 41.9 Å². The Morgan fingerprint density at radius 2 is 1.89 bits per heavy atom. The minimum atomic E-state index is -0.490. The fourth-order valence-corrected chi connectivity index (χ4v) is 4.66. The monoisotopic (exact) mass is 561 g/mol. The van der Waals surface area contributed by atoms with E-state index in [1.807, 2.05) is 25.1 Å². The molecule has 1 aliphatic heterocycles. The predicted molar refractivity (Wildman–Crippen MR) is 140 cm³/mol. The summed E-state index contributed by atoms with van der Waals surface area (Å²) in [4.78, 5) is 38.7. The lowest BCUT2D eigenvalue weighted by atomic mass is 10.0. The number of ether oxygens (including phenoxy) is 3. The van der Waals surface area contributed by atoms with E-state index < -0.39 is 11.9 Å². The smallest absolute Gasteiger partial charge is 0.344 e. The van der Waals surface area contributed by atoms with Gasteiger partial charge in [-0.25, -0.2) is 4.79 Å². The summed E-state index contributed by atoms with van der Waals surface area (Å²) in [5, 5.41) is -0.359. The second-order valence-corrected chi connectivity index (χ2v) is 10.1. The number of thioether (sulfide) groups is 1. The van der Waals surface area contributed by atoms with Crippen LogP contribution in [0, 0.1) is 6.92 Å².